The third-order valence-electron chi connectivity index (χ3n) is 5.08. The van der Waals surface area contributed by atoms with Crippen LogP contribution in [-0.4, -0.2) is 22.1 Å². The molecule has 0 unspecified atom stereocenters. The van der Waals surface area contributed by atoms with Gasteiger partial charge in [-0.2, -0.15) is 0 Å². The molecule has 4 aromatic rings. The summed E-state index contributed by atoms with van der Waals surface area (Å²) in [6.07, 6.45) is 6.23. The van der Waals surface area contributed by atoms with E-state index in [0.29, 0.717) is 4.64 Å². The van der Waals surface area contributed by atoms with Gasteiger partial charge in [-0.15, -0.1) is 11.3 Å². The van der Waals surface area contributed by atoms with Crippen LogP contribution in [-0.2, 0) is 12.8 Å². The predicted octanol–water partition coefficient (Wildman–Crippen LogP) is 5.46. The number of fused-ring (bicyclic) bond motifs is 4. The Balaban J connectivity index is 1.93. The van der Waals surface area contributed by atoms with Gasteiger partial charge in [0.05, 0.1) is 23.7 Å². The maximum absolute atomic E-state index is 5.46. The second-order valence-electron chi connectivity index (χ2n) is 6.54. The molecule has 130 valence electrons. The molecule has 0 aliphatic heterocycles. The average molecular weight is 380 g/mol. The quantitative estimate of drug-likeness (QED) is 0.470. The van der Waals surface area contributed by atoms with Crippen molar-refractivity contribution in [3.8, 4) is 16.9 Å². The van der Waals surface area contributed by atoms with Gasteiger partial charge in [-0.05, 0) is 54.5 Å². The van der Waals surface area contributed by atoms with Crippen LogP contribution in [0.5, 0.6) is 5.75 Å². The van der Waals surface area contributed by atoms with Crippen molar-refractivity contribution < 1.29 is 4.74 Å². The third-order valence-corrected chi connectivity index (χ3v) is 6.61. The van der Waals surface area contributed by atoms with E-state index in [9.17, 15) is 0 Å². The maximum Gasteiger partial charge on any atom is 0.147 e. The second kappa shape index (κ2) is 6.14. The summed E-state index contributed by atoms with van der Waals surface area (Å²) in [5, 5.41) is 1.17. The Labute approximate surface area is 159 Å². The number of rotatable bonds is 2. The van der Waals surface area contributed by atoms with E-state index in [0.717, 1.165) is 33.6 Å². The van der Waals surface area contributed by atoms with Crippen LogP contribution >= 0.6 is 23.6 Å². The molecule has 1 aliphatic carbocycles. The van der Waals surface area contributed by atoms with Crippen molar-refractivity contribution in [2.45, 2.75) is 25.7 Å². The number of pyridine rings is 1. The molecule has 0 saturated carbocycles. The summed E-state index contributed by atoms with van der Waals surface area (Å²) in [7, 11) is 1.70. The number of nitrogens with zero attached hydrogens (tertiary/aromatic N) is 2. The number of hydrogen-bond acceptors (Lipinski definition) is 5. The van der Waals surface area contributed by atoms with Crippen LogP contribution in [0.3, 0.4) is 0 Å². The van der Waals surface area contributed by atoms with Gasteiger partial charge in [0.2, 0.25) is 0 Å². The van der Waals surface area contributed by atoms with Crippen molar-refractivity contribution >= 4 is 44.0 Å². The topological polar surface area (TPSA) is 50.8 Å². The standard InChI is InChI=1S/C20H17N3OS2/c1-24-12-8-6-11(7-9-12)15-13-4-2-3-5-14(13)23-20-16(15)17-18(26-20)19(25)22-10-21-17/h6-10H,2-5H2,1H3,(H,21,22,25). The number of benzene rings is 1. The van der Waals surface area contributed by atoms with Crippen LogP contribution in [0.1, 0.15) is 24.1 Å². The summed E-state index contributed by atoms with van der Waals surface area (Å²) in [5.41, 5.74) is 6.16. The summed E-state index contributed by atoms with van der Waals surface area (Å²) in [6.45, 7) is 0. The zero-order valence-corrected chi connectivity index (χ0v) is 16.0. The highest BCUT2D eigenvalue weighted by atomic mass is 32.1. The Bertz CT molecular complexity index is 1190. The Kier molecular flexibility index (Phi) is 3.76. The molecule has 26 heavy (non-hydrogen) atoms. The van der Waals surface area contributed by atoms with Crippen LogP contribution in [0.2, 0.25) is 0 Å². The Hall–Kier alpha value is -2.31. The van der Waals surface area contributed by atoms with Crippen molar-refractivity contribution in [1.82, 2.24) is 15.0 Å². The van der Waals surface area contributed by atoms with Gasteiger partial charge in [-0.25, -0.2) is 9.97 Å². The lowest BCUT2D eigenvalue weighted by atomic mass is 9.87. The Morgan fingerprint density at radius 1 is 1.15 bits per heavy atom. The van der Waals surface area contributed by atoms with Gasteiger partial charge in [-0.3, -0.25) is 0 Å². The first-order chi connectivity index (χ1) is 12.8. The number of thiophene rings is 1. The summed E-state index contributed by atoms with van der Waals surface area (Å²) in [5.74, 6) is 0.867. The number of aromatic nitrogens is 3. The van der Waals surface area contributed by atoms with Crippen LogP contribution < -0.4 is 4.74 Å². The first-order valence-electron chi connectivity index (χ1n) is 8.72. The Morgan fingerprint density at radius 3 is 2.77 bits per heavy atom. The van der Waals surface area contributed by atoms with Crippen LogP contribution in [0.4, 0.5) is 0 Å². The minimum Gasteiger partial charge on any atom is -0.497 e. The molecule has 6 heteroatoms. The minimum atomic E-state index is 0.639. The maximum atomic E-state index is 5.46. The highest BCUT2D eigenvalue weighted by Crippen LogP contribution is 2.43. The summed E-state index contributed by atoms with van der Waals surface area (Å²) in [6, 6.07) is 8.33. The summed E-state index contributed by atoms with van der Waals surface area (Å²) < 4.78 is 6.99. The number of nitrogens with one attached hydrogen (secondary N) is 1. The number of aromatic amines is 1. The smallest absolute Gasteiger partial charge is 0.147 e. The zero-order chi connectivity index (χ0) is 17.7. The number of ether oxygens (including phenoxy) is 1. The molecule has 0 fully saturated rings. The van der Waals surface area contributed by atoms with Crippen LogP contribution in [0, 0.1) is 4.64 Å². The van der Waals surface area contributed by atoms with E-state index in [-0.39, 0.29) is 0 Å². The number of methoxy groups -OCH3 is 1. The molecule has 3 heterocycles. The molecule has 0 spiro atoms. The molecular weight excluding hydrogens is 362 g/mol. The first-order valence-corrected chi connectivity index (χ1v) is 9.95. The van der Waals surface area contributed by atoms with Gasteiger partial charge in [0, 0.05) is 11.1 Å². The molecule has 3 aromatic heterocycles. The molecule has 4 nitrogen and oxygen atoms in total. The Morgan fingerprint density at radius 2 is 1.96 bits per heavy atom. The molecule has 0 radical (unpaired) electrons. The van der Waals surface area contributed by atoms with Gasteiger partial charge < -0.3 is 9.72 Å². The van der Waals surface area contributed by atoms with Crippen LogP contribution in [0.15, 0.2) is 30.6 Å². The monoisotopic (exact) mass is 379 g/mol. The van der Waals surface area contributed by atoms with Crippen LogP contribution in [0.25, 0.3) is 31.6 Å². The molecule has 0 atom stereocenters. The average Bonchev–Trinajstić information content (AvgIpc) is 3.06. The molecule has 1 N–H and O–H groups in total. The molecule has 0 bridgehead atoms. The molecule has 0 amide bonds. The van der Waals surface area contributed by atoms with Crippen molar-refractivity contribution in [3.05, 3.63) is 46.5 Å². The van der Waals surface area contributed by atoms with E-state index in [1.807, 2.05) is 12.1 Å². The van der Waals surface area contributed by atoms with Gasteiger partial charge in [0.1, 0.15) is 15.2 Å². The lowest BCUT2D eigenvalue weighted by Gasteiger charge is -2.20. The van der Waals surface area contributed by atoms with Gasteiger partial charge in [0.15, 0.2) is 0 Å². The van der Waals surface area contributed by atoms with E-state index in [4.69, 9.17) is 21.9 Å². The van der Waals surface area contributed by atoms with E-state index in [2.05, 4.69) is 22.1 Å². The summed E-state index contributed by atoms with van der Waals surface area (Å²) in [4.78, 5) is 13.6. The SMILES string of the molecule is COc1ccc(-c2c3c(nc4sc5c(=S)nc[nH]c5c24)CCCC3)cc1. The molecule has 1 aromatic carbocycles. The van der Waals surface area contributed by atoms with E-state index in [1.54, 1.807) is 24.8 Å². The fourth-order valence-electron chi connectivity index (χ4n) is 3.86. The number of aryl methyl sites for hydroxylation is 1. The van der Waals surface area contributed by atoms with E-state index in [1.165, 1.54) is 40.6 Å². The van der Waals surface area contributed by atoms with Gasteiger partial charge >= 0.3 is 0 Å². The fourth-order valence-corrected chi connectivity index (χ4v) is 5.20. The zero-order valence-electron chi connectivity index (χ0n) is 14.3. The van der Waals surface area contributed by atoms with Crippen molar-refractivity contribution in [2.75, 3.05) is 7.11 Å². The lowest BCUT2D eigenvalue weighted by Crippen LogP contribution is -2.07. The summed E-state index contributed by atoms with van der Waals surface area (Å²) >= 11 is 7.10. The van der Waals surface area contributed by atoms with Gasteiger partial charge in [0.25, 0.3) is 0 Å². The largest absolute Gasteiger partial charge is 0.497 e. The highest BCUT2D eigenvalue weighted by molar-refractivity contribution is 7.71. The van der Waals surface area contributed by atoms with E-state index >= 15 is 0 Å². The third kappa shape index (κ3) is 2.36. The minimum absolute atomic E-state index is 0.639. The number of hydrogen-bond donors (Lipinski definition) is 1. The normalized spacial score (nSPS) is 13.9. The van der Waals surface area contributed by atoms with Crippen molar-refractivity contribution in [2.24, 2.45) is 0 Å². The fraction of sp³-hybridized carbons (Fsp3) is 0.250. The van der Waals surface area contributed by atoms with Gasteiger partial charge in [-0.1, -0.05) is 24.4 Å². The molecule has 0 saturated heterocycles. The van der Waals surface area contributed by atoms with E-state index < -0.39 is 0 Å². The van der Waals surface area contributed by atoms with Crippen molar-refractivity contribution in [3.63, 3.8) is 0 Å². The second-order valence-corrected chi connectivity index (χ2v) is 7.93. The lowest BCUT2D eigenvalue weighted by molar-refractivity contribution is 0.415. The number of H-pyrrole nitrogens is 1. The predicted molar refractivity (Wildman–Crippen MR) is 109 cm³/mol. The van der Waals surface area contributed by atoms with Crippen molar-refractivity contribution in [1.29, 1.82) is 0 Å². The highest BCUT2D eigenvalue weighted by Gasteiger charge is 2.22. The molecule has 5 rings (SSSR count). The molecule has 1 aliphatic rings. The molecular formula is C20H17N3OS2. The first kappa shape index (κ1) is 15.9.